The highest BCUT2D eigenvalue weighted by atomic mass is 32.1. The lowest BCUT2D eigenvalue weighted by molar-refractivity contribution is -0.122. The monoisotopic (exact) mass is 395 g/mol. The first-order valence-corrected chi connectivity index (χ1v) is 10.6. The van der Waals surface area contributed by atoms with Gasteiger partial charge in [0.1, 0.15) is 0 Å². The molecule has 0 aromatic carbocycles. The molecule has 7 nitrogen and oxygen atoms in total. The number of nitrogens with zero attached hydrogens (tertiary/aromatic N) is 3. The van der Waals surface area contributed by atoms with Crippen molar-refractivity contribution in [1.29, 1.82) is 0 Å². The maximum Gasteiger partial charge on any atom is 0.234 e. The van der Waals surface area contributed by atoms with E-state index in [1.54, 1.807) is 18.4 Å². The van der Waals surface area contributed by atoms with Crippen LogP contribution in [0.3, 0.4) is 0 Å². The fraction of sp³-hybridized carbons (Fsp3) is 0.684. The Morgan fingerprint density at radius 3 is 2.74 bits per heavy atom. The van der Waals surface area contributed by atoms with Crippen molar-refractivity contribution in [3.8, 4) is 0 Å². The summed E-state index contributed by atoms with van der Waals surface area (Å²) in [5.41, 5.74) is 1.35. The quantitative estimate of drug-likeness (QED) is 0.374. The third-order valence-electron chi connectivity index (χ3n) is 4.63. The van der Waals surface area contributed by atoms with Gasteiger partial charge >= 0.3 is 0 Å². The van der Waals surface area contributed by atoms with E-state index in [4.69, 9.17) is 9.73 Å². The average Bonchev–Trinajstić information content (AvgIpc) is 3.21. The van der Waals surface area contributed by atoms with E-state index in [2.05, 4.69) is 51.1 Å². The van der Waals surface area contributed by atoms with Gasteiger partial charge in [0, 0.05) is 58.8 Å². The van der Waals surface area contributed by atoms with Crippen molar-refractivity contribution in [3.05, 3.63) is 22.4 Å². The molecule has 1 aromatic rings. The molecule has 8 heteroatoms. The Morgan fingerprint density at radius 1 is 1.33 bits per heavy atom. The zero-order chi connectivity index (χ0) is 19.5. The van der Waals surface area contributed by atoms with Crippen LogP contribution < -0.4 is 10.6 Å². The van der Waals surface area contributed by atoms with Crippen LogP contribution in [0.15, 0.2) is 21.8 Å². The summed E-state index contributed by atoms with van der Waals surface area (Å²) in [5, 5.41) is 10.6. The van der Waals surface area contributed by atoms with Crippen LogP contribution in [0.25, 0.3) is 0 Å². The van der Waals surface area contributed by atoms with Crippen LogP contribution in [0.2, 0.25) is 0 Å². The summed E-state index contributed by atoms with van der Waals surface area (Å²) < 4.78 is 4.95. The normalized spacial score (nSPS) is 17.0. The Morgan fingerprint density at radius 2 is 2.11 bits per heavy atom. The van der Waals surface area contributed by atoms with Gasteiger partial charge in [0.15, 0.2) is 5.96 Å². The minimum Gasteiger partial charge on any atom is -0.383 e. The van der Waals surface area contributed by atoms with Crippen LogP contribution >= 0.6 is 11.3 Å². The molecule has 1 saturated heterocycles. The Labute approximate surface area is 166 Å². The Kier molecular flexibility index (Phi) is 9.58. The molecular formula is C19H33N5O2S. The lowest BCUT2D eigenvalue weighted by Gasteiger charge is -2.36. The Bertz CT molecular complexity index is 571. The number of piperazine rings is 1. The molecule has 1 aliphatic heterocycles. The van der Waals surface area contributed by atoms with E-state index in [0.29, 0.717) is 25.6 Å². The van der Waals surface area contributed by atoms with E-state index < -0.39 is 0 Å². The number of rotatable bonds is 9. The molecule has 0 aliphatic carbocycles. The van der Waals surface area contributed by atoms with Gasteiger partial charge in [-0.3, -0.25) is 14.7 Å². The predicted molar refractivity (Wildman–Crippen MR) is 112 cm³/mol. The van der Waals surface area contributed by atoms with E-state index in [0.717, 1.165) is 45.2 Å². The van der Waals surface area contributed by atoms with Crippen molar-refractivity contribution < 1.29 is 9.53 Å². The van der Waals surface area contributed by atoms with E-state index in [1.165, 1.54) is 5.56 Å². The molecule has 2 rings (SSSR count). The molecule has 152 valence electrons. The number of ether oxygens (including phenoxy) is 1. The third kappa shape index (κ3) is 7.48. The number of nitrogens with one attached hydrogen (secondary N) is 2. The highest BCUT2D eigenvalue weighted by Crippen LogP contribution is 2.18. The number of amides is 1. The summed E-state index contributed by atoms with van der Waals surface area (Å²) >= 11 is 1.73. The summed E-state index contributed by atoms with van der Waals surface area (Å²) in [7, 11) is 1.63. The van der Waals surface area contributed by atoms with Crippen molar-refractivity contribution in [2.45, 2.75) is 19.8 Å². The Balaban J connectivity index is 1.80. The van der Waals surface area contributed by atoms with Crippen molar-refractivity contribution in [2.75, 3.05) is 66.1 Å². The van der Waals surface area contributed by atoms with Crippen molar-refractivity contribution in [2.24, 2.45) is 4.99 Å². The maximum atomic E-state index is 11.9. The fourth-order valence-corrected chi connectivity index (χ4v) is 3.76. The molecule has 27 heavy (non-hydrogen) atoms. The van der Waals surface area contributed by atoms with E-state index in [9.17, 15) is 4.79 Å². The van der Waals surface area contributed by atoms with Crippen LogP contribution in [-0.2, 0) is 9.53 Å². The SMILES string of the molecule is CCNC(=NCC(C)c1ccsc1)N1CCN(CC(=O)NCCOC)CC1. The van der Waals surface area contributed by atoms with E-state index in [-0.39, 0.29) is 5.91 Å². The van der Waals surface area contributed by atoms with Gasteiger partial charge in [0.25, 0.3) is 0 Å². The summed E-state index contributed by atoms with van der Waals surface area (Å²) in [4.78, 5) is 21.3. The summed E-state index contributed by atoms with van der Waals surface area (Å²) in [6.07, 6.45) is 0. The predicted octanol–water partition coefficient (Wildman–Crippen LogP) is 1.20. The van der Waals surface area contributed by atoms with Crippen LogP contribution in [0.5, 0.6) is 0 Å². The molecule has 2 heterocycles. The van der Waals surface area contributed by atoms with Gasteiger partial charge in [-0.1, -0.05) is 6.92 Å². The first kappa shape index (κ1) is 21.7. The first-order valence-electron chi connectivity index (χ1n) is 9.67. The van der Waals surface area contributed by atoms with Gasteiger partial charge < -0.3 is 20.3 Å². The van der Waals surface area contributed by atoms with Gasteiger partial charge in [-0.2, -0.15) is 11.3 Å². The molecule has 2 N–H and O–H groups in total. The second-order valence-corrected chi connectivity index (χ2v) is 7.54. The standard InChI is InChI=1S/C19H33N5O2S/c1-4-20-19(22-13-16(2)17-5-12-27-15-17)24-9-7-23(8-10-24)14-18(25)21-6-11-26-3/h5,12,15-16H,4,6-11,13-14H2,1-3H3,(H,20,22)(H,21,25). The Hall–Kier alpha value is -1.64. The lowest BCUT2D eigenvalue weighted by Crippen LogP contribution is -2.54. The number of carbonyl (C=O) groups is 1. The molecule has 1 aromatic heterocycles. The van der Waals surface area contributed by atoms with Crippen LogP contribution in [0, 0.1) is 0 Å². The molecule has 0 bridgehead atoms. The van der Waals surface area contributed by atoms with E-state index >= 15 is 0 Å². The number of thiophene rings is 1. The maximum absolute atomic E-state index is 11.9. The third-order valence-corrected chi connectivity index (χ3v) is 5.33. The minimum absolute atomic E-state index is 0.0608. The number of hydrogen-bond acceptors (Lipinski definition) is 5. The fourth-order valence-electron chi connectivity index (χ4n) is 2.98. The van der Waals surface area contributed by atoms with Crippen LogP contribution in [0.1, 0.15) is 25.3 Å². The molecule has 0 spiro atoms. The molecule has 1 atom stereocenters. The molecule has 0 saturated carbocycles. The molecule has 1 fully saturated rings. The zero-order valence-electron chi connectivity index (χ0n) is 16.7. The smallest absolute Gasteiger partial charge is 0.234 e. The van der Waals surface area contributed by atoms with Gasteiger partial charge in [-0.15, -0.1) is 0 Å². The number of guanidine groups is 1. The summed E-state index contributed by atoms with van der Waals surface area (Å²) in [6.45, 7) is 11.0. The minimum atomic E-state index is 0.0608. The highest BCUT2D eigenvalue weighted by molar-refractivity contribution is 7.07. The molecule has 1 amide bonds. The topological polar surface area (TPSA) is 69.2 Å². The lowest BCUT2D eigenvalue weighted by atomic mass is 10.1. The van der Waals surface area contributed by atoms with E-state index in [1.807, 2.05) is 0 Å². The van der Waals surface area contributed by atoms with Gasteiger partial charge in [0.05, 0.1) is 13.2 Å². The van der Waals surface area contributed by atoms with Crippen LogP contribution in [-0.4, -0.2) is 87.7 Å². The van der Waals surface area contributed by atoms with Crippen molar-refractivity contribution in [1.82, 2.24) is 20.4 Å². The largest absolute Gasteiger partial charge is 0.383 e. The van der Waals surface area contributed by atoms with Gasteiger partial charge in [0.2, 0.25) is 5.91 Å². The average molecular weight is 396 g/mol. The highest BCUT2D eigenvalue weighted by Gasteiger charge is 2.21. The van der Waals surface area contributed by atoms with Crippen molar-refractivity contribution >= 4 is 23.2 Å². The van der Waals surface area contributed by atoms with Crippen molar-refractivity contribution in [3.63, 3.8) is 0 Å². The second kappa shape index (κ2) is 11.9. The zero-order valence-corrected chi connectivity index (χ0v) is 17.6. The molecule has 0 radical (unpaired) electrons. The van der Waals surface area contributed by atoms with Gasteiger partial charge in [-0.25, -0.2) is 0 Å². The van der Waals surface area contributed by atoms with Gasteiger partial charge in [-0.05, 0) is 29.3 Å². The number of hydrogen-bond donors (Lipinski definition) is 2. The molecule has 1 unspecified atom stereocenters. The molecule has 1 aliphatic rings. The number of aliphatic imine (C=N–C) groups is 1. The number of carbonyl (C=O) groups excluding carboxylic acids is 1. The summed E-state index contributed by atoms with van der Waals surface area (Å²) in [6, 6.07) is 2.17. The summed E-state index contributed by atoms with van der Waals surface area (Å²) in [5.74, 6) is 1.46. The van der Waals surface area contributed by atoms with Crippen LogP contribution in [0.4, 0.5) is 0 Å². The molecular weight excluding hydrogens is 362 g/mol. The number of methoxy groups -OCH3 is 1. The first-order chi connectivity index (χ1) is 13.1. The second-order valence-electron chi connectivity index (χ2n) is 6.76.